The van der Waals surface area contributed by atoms with Gasteiger partial charge in [-0.25, -0.2) is 0 Å². The van der Waals surface area contributed by atoms with Crippen molar-refractivity contribution in [2.45, 2.75) is 19.3 Å². The molecule has 0 bridgehead atoms. The van der Waals surface area contributed by atoms with Crippen LogP contribution in [-0.4, -0.2) is 19.8 Å². The van der Waals surface area contributed by atoms with Crippen LogP contribution < -0.4 is 14.8 Å². The van der Waals surface area contributed by atoms with Crippen LogP contribution >= 0.6 is 0 Å². The van der Waals surface area contributed by atoms with Crippen molar-refractivity contribution in [1.29, 1.82) is 0 Å². The van der Waals surface area contributed by atoms with E-state index < -0.39 is 19.1 Å². The Kier molecular flexibility index (Phi) is 1.26. The number of hydrogen-bond donors (Lipinski definition) is 1. The van der Waals surface area contributed by atoms with Gasteiger partial charge in [0, 0.05) is 10.1 Å². The lowest BCUT2D eigenvalue weighted by Gasteiger charge is -2.09. The number of ether oxygens (including phenoxy) is 2. The molecule has 0 saturated carbocycles. The van der Waals surface area contributed by atoms with Crippen LogP contribution in [0, 0.1) is 0 Å². The van der Waals surface area contributed by atoms with Crippen LogP contribution in [0.15, 0.2) is 18.2 Å². The fourth-order valence-corrected chi connectivity index (χ4v) is 1.13. The van der Waals surface area contributed by atoms with Crippen molar-refractivity contribution >= 4 is 0 Å². The molecular formula is C11H15NO2. The zero-order valence-corrected chi connectivity index (χ0v) is 8.00. The Bertz CT molecular complexity index is 532. The highest BCUT2D eigenvalue weighted by atomic mass is 16.7. The summed E-state index contributed by atoms with van der Waals surface area (Å²) in [5, 5.41) is 0.733. The Balaban J connectivity index is 2.41. The zero-order valence-electron chi connectivity index (χ0n) is 14.0. The fourth-order valence-electron chi connectivity index (χ4n) is 1.13. The second-order valence-corrected chi connectivity index (χ2v) is 2.88. The molecule has 1 aliphatic heterocycles. The second-order valence-electron chi connectivity index (χ2n) is 2.88. The maximum Gasteiger partial charge on any atom is 0.231 e. The van der Waals surface area contributed by atoms with Gasteiger partial charge in [-0.2, -0.15) is 0 Å². The number of likely N-dealkylation sites (N-methyl/N-ethyl adjacent to an activating group) is 1. The first kappa shape index (κ1) is 4.53. The molecule has 1 aromatic carbocycles. The molecule has 0 radical (unpaired) electrons. The third-order valence-electron chi connectivity index (χ3n) is 1.91. The smallest absolute Gasteiger partial charge is 0.231 e. The molecule has 1 N–H and O–H groups in total. The van der Waals surface area contributed by atoms with Gasteiger partial charge in [-0.05, 0) is 38.0 Å². The lowest BCUT2D eigenvalue weighted by atomic mass is 10.1. The summed E-state index contributed by atoms with van der Waals surface area (Å²) in [5.41, 5.74) is 0.120. The molecule has 0 fully saturated rings. The van der Waals surface area contributed by atoms with Gasteiger partial charge in [0.2, 0.25) is 6.75 Å². The molecule has 1 unspecified atom stereocenters. The van der Waals surface area contributed by atoms with E-state index >= 15 is 0 Å². The van der Waals surface area contributed by atoms with Crippen molar-refractivity contribution in [1.82, 2.24) is 5.31 Å². The maximum atomic E-state index is 8.09. The minimum atomic E-state index is -2.27. The summed E-state index contributed by atoms with van der Waals surface area (Å²) < 4.78 is 56.2. The molecule has 1 atom stereocenters. The van der Waals surface area contributed by atoms with Gasteiger partial charge in [-0.15, -0.1) is 0 Å². The van der Waals surface area contributed by atoms with Crippen LogP contribution in [0.25, 0.3) is 0 Å². The van der Waals surface area contributed by atoms with E-state index in [0.717, 1.165) is 5.31 Å². The van der Waals surface area contributed by atoms with Crippen molar-refractivity contribution in [3.63, 3.8) is 0 Å². The predicted octanol–water partition coefficient (Wildman–Crippen LogP) is 1.57. The third-order valence-corrected chi connectivity index (χ3v) is 1.91. The van der Waals surface area contributed by atoms with Crippen LogP contribution in [0.3, 0.4) is 0 Å². The monoisotopic (exact) mass is 199 g/mol. The minimum absolute atomic E-state index is 0.0832. The Labute approximate surface area is 92.5 Å². The molecule has 0 saturated heterocycles. The van der Waals surface area contributed by atoms with Crippen LogP contribution in [0.2, 0.25) is 1.41 Å². The van der Waals surface area contributed by atoms with Crippen molar-refractivity contribution in [3.8, 4) is 11.5 Å². The van der Waals surface area contributed by atoms with E-state index in [9.17, 15) is 0 Å². The van der Waals surface area contributed by atoms with Gasteiger partial charge in [-0.3, -0.25) is 0 Å². The largest absolute Gasteiger partial charge is 0.454 e. The van der Waals surface area contributed by atoms with Gasteiger partial charge in [-0.1, -0.05) is 6.07 Å². The topological polar surface area (TPSA) is 30.5 Å². The standard InChI is InChI=1S/C11H15NO2/c1-8(12-2)5-9-3-4-10-11(6-9)14-7-13-10/h3-4,6,8,12H,5,7H2,1-2H3/i5D2,7D2,8D/hD. The first-order valence-electron chi connectivity index (χ1n) is 7.17. The van der Waals surface area contributed by atoms with Gasteiger partial charge in [0.25, 0.3) is 0 Å². The van der Waals surface area contributed by atoms with Crippen LogP contribution in [0.4, 0.5) is 0 Å². The van der Waals surface area contributed by atoms with Crippen molar-refractivity contribution in [3.05, 3.63) is 23.8 Å². The predicted molar refractivity (Wildman–Crippen MR) is 54.8 cm³/mol. The quantitative estimate of drug-likeness (QED) is 0.801. The third kappa shape index (κ3) is 1.82. The van der Waals surface area contributed by atoms with Crippen molar-refractivity contribution in [2.24, 2.45) is 0 Å². The summed E-state index contributed by atoms with van der Waals surface area (Å²) in [5.74, 6) is 0.264. The highest BCUT2D eigenvalue weighted by molar-refractivity contribution is 5.44. The van der Waals surface area contributed by atoms with E-state index in [0.29, 0.717) is 0 Å². The molecule has 76 valence electrons. The molecule has 1 aliphatic rings. The van der Waals surface area contributed by atoms with Crippen LogP contribution in [0.1, 0.15) is 19.3 Å². The highest BCUT2D eigenvalue weighted by Crippen LogP contribution is 2.32. The number of benzene rings is 1. The van der Waals surface area contributed by atoms with E-state index in [1.807, 2.05) is 0 Å². The second kappa shape index (κ2) is 3.88. The molecule has 0 aromatic heterocycles. The normalized spacial score (nSPS) is 29.1. The van der Waals surface area contributed by atoms with Gasteiger partial charge in [0.05, 0.1) is 0 Å². The summed E-state index contributed by atoms with van der Waals surface area (Å²) in [6.45, 7) is -0.978. The van der Waals surface area contributed by atoms with Crippen LogP contribution in [0.5, 0.6) is 11.5 Å². The number of nitrogens with one attached hydrogen (secondary N) is 1. The Morgan fingerprint density at radius 2 is 2.50 bits per heavy atom. The van der Waals surface area contributed by atoms with Crippen molar-refractivity contribution in [2.75, 3.05) is 13.8 Å². The number of rotatable bonds is 3. The van der Waals surface area contributed by atoms with Crippen LogP contribution in [-0.2, 0) is 6.37 Å². The fraction of sp³-hybridized carbons (Fsp3) is 0.455. The maximum absolute atomic E-state index is 8.09. The molecule has 3 heteroatoms. The molecule has 1 aromatic rings. The van der Waals surface area contributed by atoms with Gasteiger partial charge in [0.15, 0.2) is 11.5 Å². The van der Waals surface area contributed by atoms with E-state index in [1.54, 1.807) is 0 Å². The van der Waals surface area contributed by atoms with E-state index in [4.69, 9.17) is 17.7 Å². The molecule has 0 aliphatic carbocycles. The van der Waals surface area contributed by atoms with Gasteiger partial charge in [0.1, 0.15) is 4.15 Å². The first-order valence-corrected chi connectivity index (χ1v) is 4.23. The molecule has 14 heavy (non-hydrogen) atoms. The number of hydrogen-bond acceptors (Lipinski definition) is 3. The van der Waals surface area contributed by atoms with Crippen molar-refractivity contribution < 1.29 is 17.7 Å². The number of fused-ring (bicyclic) bond motifs is 1. The summed E-state index contributed by atoms with van der Waals surface area (Å²) in [6.07, 6.45) is -2.16. The Morgan fingerprint density at radius 1 is 1.71 bits per heavy atom. The Morgan fingerprint density at radius 3 is 3.29 bits per heavy atom. The summed E-state index contributed by atoms with van der Waals surface area (Å²) in [6, 6.07) is 2.28. The van der Waals surface area contributed by atoms with Gasteiger partial charge < -0.3 is 14.8 Å². The van der Waals surface area contributed by atoms with E-state index in [1.165, 1.54) is 32.2 Å². The SMILES string of the molecule is [2H]N(C)C([2H])(C)C([2H])([2H])c1ccc2c(c1)OC([2H])([2H])O2. The van der Waals surface area contributed by atoms with Gasteiger partial charge >= 0.3 is 0 Å². The average molecular weight is 199 g/mol. The summed E-state index contributed by atoms with van der Waals surface area (Å²) >= 11 is 0. The highest BCUT2D eigenvalue weighted by Gasteiger charge is 2.13. The zero-order chi connectivity index (χ0) is 15.3. The lowest BCUT2D eigenvalue weighted by Crippen LogP contribution is -2.23. The Hall–Kier alpha value is -1.22. The molecular weight excluding hydrogens is 178 g/mol. The van der Waals surface area contributed by atoms with E-state index in [2.05, 4.69) is 0 Å². The molecule has 2 rings (SSSR count). The molecule has 0 amide bonds. The summed E-state index contributed by atoms with van der Waals surface area (Å²) in [7, 11) is 1.30. The molecule has 0 spiro atoms. The molecule has 1 heterocycles. The minimum Gasteiger partial charge on any atom is -0.454 e. The first-order chi connectivity index (χ1) is 8.97. The average Bonchev–Trinajstić information content (AvgIpc) is 2.60. The summed E-state index contributed by atoms with van der Waals surface area (Å²) in [4.78, 5) is 0. The lowest BCUT2D eigenvalue weighted by molar-refractivity contribution is 0.174. The van der Waals surface area contributed by atoms with E-state index in [-0.39, 0.29) is 17.1 Å². The molecule has 3 nitrogen and oxygen atoms in total.